The van der Waals surface area contributed by atoms with Crippen LogP contribution < -0.4 is 10.3 Å². The summed E-state index contributed by atoms with van der Waals surface area (Å²) in [5.41, 5.74) is 0.637. The van der Waals surface area contributed by atoms with Gasteiger partial charge >= 0.3 is 0 Å². The second-order valence-corrected chi connectivity index (χ2v) is 5.86. The van der Waals surface area contributed by atoms with Gasteiger partial charge < -0.3 is 4.90 Å². The van der Waals surface area contributed by atoms with Crippen LogP contribution in [-0.2, 0) is 6.54 Å². The highest BCUT2D eigenvalue weighted by Crippen LogP contribution is 2.37. The summed E-state index contributed by atoms with van der Waals surface area (Å²) in [6, 6.07) is 0.872. The fraction of sp³-hybridized carbons (Fsp3) is 0.143. The van der Waals surface area contributed by atoms with Gasteiger partial charge in [-0.2, -0.15) is 0 Å². The minimum absolute atomic E-state index is 0.0136. The molecule has 0 bridgehead atoms. The normalized spacial score (nSPS) is 13.6. The Balaban J connectivity index is 2.44. The molecule has 0 N–H and O–H groups in total. The molecule has 4 rings (SSSR count). The molecule has 0 fully saturated rings. The van der Waals surface area contributed by atoms with E-state index in [1.165, 1.54) is 11.3 Å². The number of halogens is 2. The third kappa shape index (κ3) is 1.36. The molecule has 0 saturated carbocycles. The molecule has 0 spiro atoms. The van der Waals surface area contributed by atoms with E-state index in [0.29, 0.717) is 23.2 Å². The predicted molar refractivity (Wildman–Crippen MR) is 76.5 cm³/mol. The lowest BCUT2D eigenvalue weighted by molar-refractivity contribution is 0.112. The van der Waals surface area contributed by atoms with Gasteiger partial charge in [0, 0.05) is 12.4 Å². The van der Waals surface area contributed by atoms with Crippen molar-refractivity contribution in [2.75, 3.05) is 11.9 Å². The zero-order valence-electron chi connectivity index (χ0n) is 10.8. The first-order chi connectivity index (χ1) is 10.0. The number of rotatable bonds is 1. The highest BCUT2D eigenvalue weighted by molar-refractivity contribution is 7.16. The molecule has 106 valence electrons. The maximum atomic E-state index is 14.2. The van der Waals surface area contributed by atoms with Crippen LogP contribution in [0.3, 0.4) is 0 Å². The predicted octanol–water partition coefficient (Wildman–Crippen LogP) is 2.55. The lowest BCUT2D eigenvalue weighted by atomic mass is 10.1. The SMILES string of the molecule is CN1Cc2csc3c(C=O)c(=O)c4cc(F)c(F)c1c4n23. The first-order valence-electron chi connectivity index (χ1n) is 6.17. The number of thiazole rings is 1. The van der Waals surface area contributed by atoms with E-state index >= 15 is 0 Å². The van der Waals surface area contributed by atoms with Crippen LogP contribution in [0, 0.1) is 11.6 Å². The molecule has 0 saturated heterocycles. The zero-order valence-corrected chi connectivity index (χ0v) is 11.6. The monoisotopic (exact) mass is 306 g/mol. The van der Waals surface area contributed by atoms with Gasteiger partial charge in [0.2, 0.25) is 5.43 Å². The van der Waals surface area contributed by atoms with Crippen molar-refractivity contribution in [2.45, 2.75) is 6.54 Å². The standard InChI is InChI=1S/C14H8F2N2O2S/c1-17-3-6-5-21-14-8(4-19)13(20)7-2-9(15)10(16)12(17)11(7)18(6)14/h2,4-5H,3H2,1H3. The smallest absolute Gasteiger partial charge is 0.201 e. The number of benzene rings is 1. The maximum absolute atomic E-state index is 14.2. The van der Waals surface area contributed by atoms with Crippen molar-refractivity contribution >= 4 is 39.0 Å². The van der Waals surface area contributed by atoms with E-state index in [2.05, 4.69) is 0 Å². The van der Waals surface area contributed by atoms with E-state index in [0.717, 1.165) is 11.8 Å². The Morgan fingerprint density at radius 1 is 1.38 bits per heavy atom. The topological polar surface area (TPSA) is 41.8 Å². The number of nitrogens with zero attached hydrogens (tertiary/aromatic N) is 2. The summed E-state index contributed by atoms with van der Waals surface area (Å²) in [5.74, 6) is -2.06. The van der Waals surface area contributed by atoms with Gasteiger partial charge in [-0.15, -0.1) is 11.3 Å². The van der Waals surface area contributed by atoms with Crippen LogP contribution in [0.5, 0.6) is 0 Å². The summed E-state index contributed by atoms with van der Waals surface area (Å²) < 4.78 is 29.6. The van der Waals surface area contributed by atoms with Crippen LogP contribution in [0.4, 0.5) is 14.5 Å². The average molecular weight is 306 g/mol. The van der Waals surface area contributed by atoms with E-state index < -0.39 is 17.1 Å². The second kappa shape index (κ2) is 3.88. The highest BCUT2D eigenvalue weighted by atomic mass is 32.1. The first kappa shape index (κ1) is 12.5. The van der Waals surface area contributed by atoms with Gasteiger partial charge in [-0.25, -0.2) is 8.78 Å². The lowest BCUT2D eigenvalue weighted by Gasteiger charge is -2.27. The molecule has 1 aliphatic rings. The lowest BCUT2D eigenvalue weighted by Crippen LogP contribution is -2.26. The second-order valence-electron chi connectivity index (χ2n) is 5.00. The van der Waals surface area contributed by atoms with Crippen LogP contribution in [0.25, 0.3) is 15.7 Å². The number of pyridine rings is 1. The van der Waals surface area contributed by atoms with Crippen LogP contribution in [0.15, 0.2) is 16.2 Å². The summed E-state index contributed by atoms with van der Waals surface area (Å²) in [7, 11) is 1.64. The third-order valence-corrected chi connectivity index (χ3v) is 4.82. The molecule has 1 aliphatic heterocycles. The maximum Gasteiger partial charge on any atom is 0.201 e. The highest BCUT2D eigenvalue weighted by Gasteiger charge is 2.28. The van der Waals surface area contributed by atoms with Crippen LogP contribution >= 0.6 is 11.3 Å². The van der Waals surface area contributed by atoms with Crippen LogP contribution in [0.1, 0.15) is 16.1 Å². The fourth-order valence-electron chi connectivity index (χ4n) is 2.92. The molecule has 0 amide bonds. The minimum atomic E-state index is -1.09. The quantitative estimate of drug-likeness (QED) is 0.649. The van der Waals surface area contributed by atoms with Gasteiger partial charge in [0.1, 0.15) is 10.5 Å². The van der Waals surface area contributed by atoms with Crippen molar-refractivity contribution in [1.29, 1.82) is 0 Å². The van der Waals surface area contributed by atoms with Crippen molar-refractivity contribution in [3.8, 4) is 0 Å². The summed E-state index contributed by atoms with van der Waals surface area (Å²) >= 11 is 1.25. The van der Waals surface area contributed by atoms with Crippen molar-refractivity contribution in [1.82, 2.24) is 4.40 Å². The molecule has 0 radical (unpaired) electrons. The van der Waals surface area contributed by atoms with Gasteiger partial charge in [0.05, 0.1) is 28.7 Å². The van der Waals surface area contributed by atoms with Gasteiger partial charge in [-0.3, -0.25) is 14.0 Å². The molecule has 2 aromatic heterocycles. The molecule has 0 aliphatic carbocycles. The van der Waals surface area contributed by atoms with Gasteiger partial charge in [0.15, 0.2) is 17.9 Å². The number of aromatic nitrogens is 1. The van der Waals surface area contributed by atoms with E-state index in [9.17, 15) is 18.4 Å². The van der Waals surface area contributed by atoms with Gasteiger partial charge in [-0.1, -0.05) is 0 Å². The van der Waals surface area contributed by atoms with E-state index in [4.69, 9.17) is 0 Å². The number of hydrogen-bond donors (Lipinski definition) is 0. The number of hydrogen-bond acceptors (Lipinski definition) is 4. The van der Waals surface area contributed by atoms with Crippen molar-refractivity contribution in [3.05, 3.63) is 44.6 Å². The largest absolute Gasteiger partial charge is 0.365 e. The number of carbonyl (C=O) groups is 1. The molecule has 3 aromatic rings. The van der Waals surface area contributed by atoms with Crippen molar-refractivity contribution < 1.29 is 13.6 Å². The third-order valence-electron chi connectivity index (χ3n) is 3.81. The Kier molecular flexibility index (Phi) is 2.30. The number of anilines is 1. The Morgan fingerprint density at radius 3 is 2.86 bits per heavy atom. The molecular weight excluding hydrogens is 298 g/mol. The summed E-state index contributed by atoms with van der Waals surface area (Å²) in [6.45, 7) is 0.379. The Hall–Kier alpha value is -2.28. The van der Waals surface area contributed by atoms with Crippen LogP contribution in [0.2, 0.25) is 0 Å². The Morgan fingerprint density at radius 2 is 2.14 bits per heavy atom. The van der Waals surface area contributed by atoms with E-state index in [-0.39, 0.29) is 16.6 Å². The summed E-state index contributed by atoms with van der Waals surface area (Å²) in [6.07, 6.45) is 0.476. The van der Waals surface area contributed by atoms with Crippen LogP contribution in [-0.4, -0.2) is 17.7 Å². The Bertz CT molecular complexity index is 1010. The summed E-state index contributed by atoms with van der Waals surface area (Å²) in [4.78, 5) is 25.7. The molecule has 7 heteroatoms. The molecule has 4 nitrogen and oxygen atoms in total. The molecule has 3 heterocycles. The molecular formula is C14H8F2N2O2S. The number of aldehydes is 1. The van der Waals surface area contributed by atoms with Crippen molar-refractivity contribution in [2.24, 2.45) is 0 Å². The summed E-state index contributed by atoms with van der Waals surface area (Å²) in [5, 5.41) is 1.84. The molecule has 1 aromatic carbocycles. The van der Waals surface area contributed by atoms with E-state index in [1.54, 1.807) is 16.3 Å². The number of carbonyl (C=O) groups excluding carboxylic acids is 1. The van der Waals surface area contributed by atoms with Gasteiger partial charge in [0.25, 0.3) is 0 Å². The molecule has 21 heavy (non-hydrogen) atoms. The zero-order chi connectivity index (χ0) is 14.9. The van der Waals surface area contributed by atoms with Gasteiger partial charge in [-0.05, 0) is 6.07 Å². The average Bonchev–Trinajstić information content (AvgIpc) is 2.86. The Labute approximate surface area is 120 Å². The molecule has 0 atom stereocenters. The van der Waals surface area contributed by atoms with E-state index in [1.807, 2.05) is 5.38 Å². The fourth-order valence-corrected chi connectivity index (χ4v) is 3.93. The first-order valence-corrected chi connectivity index (χ1v) is 7.05. The minimum Gasteiger partial charge on any atom is -0.365 e. The van der Waals surface area contributed by atoms with Crippen molar-refractivity contribution in [3.63, 3.8) is 0 Å². The molecule has 0 unspecified atom stereocenters.